The van der Waals surface area contributed by atoms with Crippen LogP contribution < -0.4 is 0 Å². The highest BCUT2D eigenvalue weighted by Gasteiger charge is 2.06. The van der Waals surface area contributed by atoms with Gasteiger partial charge in [0.05, 0.1) is 0 Å². The van der Waals surface area contributed by atoms with E-state index >= 15 is 0 Å². The summed E-state index contributed by atoms with van der Waals surface area (Å²) in [5.74, 6) is 0.746. The van der Waals surface area contributed by atoms with Crippen molar-refractivity contribution in [2.24, 2.45) is 0 Å². The summed E-state index contributed by atoms with van der Waals surface area (Å²) in [5, 5.41) is 8.55. The van der Waals surface area contributed by atoms with Crippen LogP contribution in [0, 0.1) is 11.3 Å². The molecule has 0 N–H and O–H groups in total. The highest BCUT2D eigenvalue weighted by Crippen LogP contribution is 2.18. The Morgan fingerprint density at radius 1 is 1.55 bits per heavy atom. The predicted octanol–water partition coefficient (Wildman–Crippen LogP) is 2.13. The van der Waals surface area contributed by atoms with Crippen molar-refractivity contribution < 1.29 is 4.79 Å². The quantitative estimate of drug-likeness (QED) is 0.480. The number of rotatable bonds is 3. The van der Waals surface area contributed by atoms with Crippen molar-refractivity contribution in [3.63, 3.8) is 0 Å². The first kappa shape index (κ1) is 10.2. The van der Waals surface area contributed by atoms with E-state index in [4.69, 9.17) is 5.26 Å². The molecule has 0 fully saturated rings. The highest BCUT2D eigenvalue weighted by molar-refractivity contribution is 8.03. The van der Waals surface area contributed by atoms with Crippen LogP contribution in [0.15, 0.2) is 10.5 Å². The van der Waals surface area contributed by atoms with E-state index in [9.17, 15) is 4.79 Å². The lowest BCUT2D eigenvalue weighted by molar-refractivity contribution is -0.113. The molecule has 0 aliphatic rings. The highest BCUT2D eigenvalue weighted by atomic mass is 32.2. The smallest absolute Gasteiger partial charge is 0.171 e. The molecule has 0 atom stereocenters. The minimum atomic E-state index is -0.147. The minimum absolute atomic E-state index is 0.147. The lowest BCUT2D eigenvalue weighted by atomic mass is 10.2. The van der Waals surface area contributed by atoms with Gasteiger partial charge in [-0.3, -0.25) is 4.79 Å². The van der Waals surface area contributed by atoms with Crippen molar-refractivity contribution in [2.45, 2.75) is 20.8 Å². The molecule has 0 unspecified atom stereocenters. The van der Waals surface area contributed by atoms with Gasteiger partial charge < -0.3 is 0 Å². The fraction of sp³-hybridized carbons (Fsp3) is 0.500. The third kappa shape index (κ3) is 3.24. The zero-order valence-electron chi connectivity index (χ0n) is 6.97. The van der Waals surface area contributed by atoms with Crippen molar-refractivity contribution in [3.05, 3.63) is 10.5 Å². The second-order valence-corrected chi connectivity index (χ2v) is 3.51. The molecule has 60 valence electrons. The second kappa shape index (κ2) is 4.97. The van der Waals surface area contributed by atoms with Gasteiger partial charge >= 0.3 is 0 Å². The van der Waals surface area contributed by atoms with Crippen molar-refractivity contribution in [3.8, 4) is 6.07 Å². The van der Waals surface area contributed by atoms with E-state index in [1.165, 1.54) is 18.7 Å². The van der Waals surface area contributed by atoms with E-state index in [0.29, 0.717) is 0 Å². The molecule has 0 saturated carbocycles. The van der Waals surface area contributed by atoms with Crippen LogP contribution in [0.2, 0.25) is 0 Å². The van der Waals surface area contributed by atoms with Gasteiger partial charge in [0.1, 0.15) is 11.6 Å². The summed E-state index contributed by atoms with van der Waals surface area (Å²) in [4.78, 5) is 11.6. The molecule has 0 rings (SSSR count). The van der Waals surface area contributed by atoms with Gasteiger partial charge in [-0.25, -0.2) is 0 Å². The molecule has 0 spiro atoms. The summed E-state index contributed by atoms with van der Waals surface area (Å²) in [6.45, 7) is 5.20. The number of ketones is 1. The van der Waals surface area contributed by atoms with E-state index in [2.05, 4.69) is 0 Å². The van der Waals surface area contributed by atoms with Gasteiger partial charge in [0.15, 0.2) is 5.78 Å². The molecule has 0 aliphatic carbocycles. The number of thioether (sulfide) groups is 1. The Kier molecular flexibility index (Phi) is 4.64. The van der Waals surface area contributed by atoms with Crippen molar-refractivity contribution in [1.82, 2.24) is 0 Å². The Labute approximate surface area is 71.3 Å². The standard InChI is InChI=1S/C8H11NOS/c1-4-11-7(3)8(5-9)6(2)10/h4H2,1-3H3/b8-7-. The van der Waals surface area contributed by atoms with Gasteiger partial charge in [0.25, 0.3) is 0 Å². The van der Waals surface area contributed by atoms with Crippen LogP contribution in [0.25, 0.3) is 0 Å². The number of hydrogen-bond donors (Lipinski definition) is 0. The minimum Gasteiger partial charge on any atom is -0.294 e. The topological polar surface area (TPSA) is 40.9 Å². The monoisotopic (exact) mass is 169 g/mol. The van der Waals surface area contributed by atoms with Gasteiger partial charge in [-0.05, 0) is 19.6 Å². The maximum atomic E-state index is 10.8. The fourth-order valence-electron chi connectivity index (χ4n) is 0.694. The summed E-state index contributed by atoms with van der Waals surface area (Å²) < 4.78 is 0. The first-order chi connectivity index (χ1) is 5.13. The second-order valence-electron chi connectivity index (χ2n) is 2.03. The third-order valence-corrected chi connectivity index (χ3v) is 2.10. The summed E-state index contributed by atoms with van der Waals surface area (Å²) in [6, 6.07) is 1.90. The Hall–Kier alpha value is -0.750. The zero-order valence-corrected chi connectivity index (χ0v) is 7.79. The van der Waals surface area contributed by atoms with Crippen LogP contribution in [0.5, 0.6) is 0 Å². The number of nitriles is 1. The lowest BCUT2D eigenvalue weighted by Gasteiger charge is -1.98. The first-order valence-electron chi connectivity index (χ1n) is 3.38. The molecule has 0 aliphatic heterocycles. The Morgan fingerprint density at radius 2 is 2.09 bits per heavy atom. The average molecular weight is 169 g/mol. The van der Waals surface area contributed by atoms with E-state index < -0.39 is 0 Å². The molecule has 0 bridgehead atoms. The molecule has 3 heteroatoms. The number of carbonyl (C=O) groups is 1. The van der Waals surface area contributed by atoms with Crippen LogP contribution in [0.3, 0.4) is 0 Å². The van der Waals surface area contributed by atoms with Gasteiger partial charge in [-0.15, -0.1) is 11.8 Å². The fourth-order valence-corrected chi connectivity index (χ4v) is 1.46. The van der Waals surface area contributed by atoms with E-state index in [-0.39, 0.29) is 11.4 Å². The number of nitrogens with zero attached hydrogens (tertiary/aromatic N) is 1. The van der Waals surface area contributed by atoms with Crippen LogP contribution in [-0.4, -0.2) is 11.5 Å². The van der Waals surface area contributed by atoms with Crippen LogP contribution in [-0.2, 0) is 4.79 Å². The normalized spacial score (nSPS) is 11.8. The van der Waals surface area contributed by atoms with Crippen molar-refractivity contribution in [2.75, 3.05) is 5.75 Å². The zero-order chi connectivity index (χ0) is 8.85. The van der Waals surface area contributed by atoms with Gasteiger partial charge in [0.2, 0.25) is 0 Å². The molecular formula is C8H11NOS. The summed E-state index contributed by atoms with van der Waals surface area (Å²) in [6.07, 6.45) is 0. The van der Waals surface area contributed by atoms with Crippen LogP contribution in [0.1, 0.15) is 20.8 Å². The molecule has 0 heterocycles. The van der Waals surface area contributed by atoms with E-state index in [1.54, 1.807) is 6.92 Å². The summed E-state index contributed by atoms with van der Waals surface area (Å²) >= 11 is 1.53. The third-order valence-electron chi connectivity index (χ3n) is 1.18. The molecule has 0 aromatic rings. The maximum absolute atomic E-state index is 10.8. The molecule has 0 saturated heterocycles. The van der Waals surface area contributed by atoms with E-state index in [0.717, 1.165) is 10.7 Å². The maximum Gasteiger partial charge on any atom is 0.171 e. The molecule has 0 radical (unpaired) electrons. The largest absolute Gasteiger partial charge is 0.294 e. The van der Waals surface area contributed by atoms with Crippen molar-refractivity contribution >= 4 is 17.5 Å². The molecule has 11 heavy (non-hydrogen) atoms. The summed E-state index contributed by atoms with van der Waals surface area (Å²) in [5.41, 5.74) is 0.289. The van der Waals surface area contributed by atoms with Crippen molar-refractivity contribution in [1.29, 1.82) is 5.26 Å². The number of hydrogen-bond acceptors (Lipinski definition) is 3. The lowest BCUT2D eigenvalue weighted by Crippen LogP contribution is -1.95. The molecule has 0 amide bonds. The van der Waals surface area contributed by atoms with Gasteiger partial charge in [-0.2, -0.15) is 5.26 Å². The Bertz CT molecular complexity index is 225. The molecule has 0 aromatic heterocycles. The van der Waals surface area contributed by atoms with Crippen LogP contribution >= 0.6 is 11.8 Å². The van der Waals surface area contributed by atoms with Gasteiger partial charge in [0, 0.05) is 4.91 Å². The SMILES string of the molecule is CCS/C(C)=C(/C#N)C(C)=O. The average Bonchev–Trinajstić information content (AvgIpc) is 1.88. The molecular weight excluding hydrogens is 158 g/mol. The number of carbonyl (C=O) groups excluding carboxylic acids is 1. The number of Topliss-reactive ketones (excluding diaryl/α,β-unsaturated/α-hetero) is 1. The predicted molar refractivity (Wildman–Crippen MR) is 47.1 cm³/mol. The summed E-state index contributed by atoms with van der Waals surface area (Å²) in [7, 11) is 0. The van der Waals surface area contributed by atoms with Gasteiger partial charge in [-0.1, -0.05) is 6.92 Å². The van der Waals surface area contributed by atoms with E-state index in [1.807, 2.05) is 13.0 Å². The first-order valence-corrected chi connectivity index (χ1v) is 4.36. The molecule has 2 nitrogen and oxygen atoms in total. The number of allylic oxidation sites excluding steroid dienone is 2. The molecule has 0 aromatic carbocycles. The Balaban J connectivity index is 4.58. The van der Waals surface area contributed by atoms with Crippen LogP contribution in [0.4, 0.5) is 0 Å². The Morgan fingerprint density at radius 3 is 2.36 bits per heavy atom.